The van der Waals surface area contributed by atoms with E-state index in [0.29, 0.717) is 43.7 Å². The summed E-state index contributed by atoms with van der Waals surface area (Å²) in [5.41, 5.74) is 9.55. The smallest absolute Gasteiger partial charge is 0.214 e. The van der Waals surface area contributed by atoms with Crippen molar-refractivity contribution in [1.82, 2.24) is 4.98 Å². The van der Waals surface area contributed by atoms with Crippen LogP contribution in [0.2, 0.25) is 0 Å². The summed E-state index contributed by atoms with van der Waals surface area (Å²) in [5, 5.41) is 0. The predicted molar refractivity (Wildman–Crippen MR) is 112 cm³/mol. The zero-order chi connectivity index (χ0) is 21.0. The van der Waals surface area contributed by atoms with E-state index >= 15 is 0 Å². The number of nitrogen functional groups attached to an aromatic ring is 1. The van der Waals surface area contributed by atoms with Crippen molar-refractivity contribution >= 4 is 5.69 Å². The van der Waals surface area contributed by atoms with Crippen LogP contribution >= 0.6 is 0 Å². The molecule has 2 aliphatic heterocycles. The number of aryl methyl sites for hydroxylation is 1. The van der Waals surface area contributed by atoms with Crippen LogP contribution in [0.5, 0.6) is 5.88 Å². The fourth-order valence-corrected chi connectivity index (χ4v) is 3.77. The summed E-state index contributed by atoms with van der Waals surface area (Å²) in [6.07, 6.45) is 2.95. The first-order valence-corrected chi connectivity index (χ1v) is 10.5. The van der Waals surface area contributed by atoms with Gasteiger partial charge in [0.1, 0.15) is 13.3 Å². The van der Waals surface area contributed by atoms with E-state index in [4.69, 9.17) is 24.7 Å². The Morgan fingerprint density at radius 2 is 2.07 bits per heavy atom. The van der Waals surface area contributed by atoms with Gasteiger partial charge in [0, 0.05) is 18.4 Å². The molecule has 2 saturated heterocycles. The van der Waals surface area contributed by atoms with Crippen LogP contribution in [0.4, 0.5) is 10.1 Å². The monoisotopic (exact) mass is 416 g/mol. The molecule has 0 aliphatic carbocycles. The lowest BCUT2D eigenvalue weighted by molar-refractivity contribution is -0.165. The number of hydrogen-bond donors (Lipinski definition) is 1. The van der Waals surface area contributed by atoms with Crippen LogP contribution in [0, 0.1) is 6.92 Å². The van der Waals surface area contributed by atoms with E-state index in [1.165, 1.54) is 0 Å². The lowest BCUT2D eigenvalue weighted by Gasteiger charge is -2.38. The number of rotatable bonds is 8. The first-order valence-electron chi connectivity index (χ1n) is 10.5. The van der Waals surface area contributed by atoms with Crippen LogP contribution in [0.15, 0.2) is 30.3 Å². The second-order valence-corrected chi connectivity index (χ2v) is 8.08. The molecule has 30 heavy (non-hydrogen) atoms. The summed E-state index contributed by atoms with van der Waals surface area (Å²) >= 11 is 0. The van der Waals surface area contributed by atoms with Gasteiger partial charge in [-0.3, -0.25) is 0 Å². The van der Waals surface area contributed by atoms with Crippen molar-refractivity contribution in [2.75, 3.05) is 45.4 Å². The number of anilines is 1. The molecule has 0 bridgehead atoms. The highest BCUT2D eigenvalue weighted by molar-refractivity contribution is 5.72. The number of nitrogens with zero attached hydrogens (tertiary/aromatic N) is 1. The minimum absolute atomic E-state index is 0.158. The summed E-state index contributed by atoms with van der Waals surface area (Å²) < 4.78 is 36.4. The molecule has 0 spiro atoms. The molecule has 1 unspecified atom stereocenters. The van der Waals surface area contributed by atoms with Gasteiger partial charge in [-0.2, -0.15) is 0 Å². The molecule has 0 saturated carbocycles. The number of halogens is 1. The van der Waals surface area contributed by atoms with E-state index in [1.807, 2.05) is 37.3 Å². The third-order valence-corrected chi connectivity index (χ3v) is 5.71. The van der Waals surface area contributed by atoms with Gasteiger partial charge in [0.2, 0.25) is 5.88 Å². The van der Waals surface area contributed by atoms with Crippen molar-refractivity contribution in [3.63, 3.8) is 0 Å². The maximum absolute atomic E-state index is 13.9. The van der Waals surface area contributed by atoms with Crippen molar-refractivity contribution in [3.05, 3.63) is 41.6 Å². The number of pyridine rings is 1. The zero-order valence-corrected chi connectivity index (χ0v) is 17.4. The van der Waals surface area contributed by atoms with Gasteiger partial charge in [-0.15, -0.1) is 0 Å². The van der Waals surface area contributed by atoms with Crippen molar-refractivity contribution in [2.24, 2.45) is 0 Å². The summed E-state index contributed by atoms with van der Waals surface area (Å²) in [4.78, 5) is 4.60. The van der Waals surface area contributed by atoms with Crippen molar-refractivity contribution in [2.45, 2.75) is 37.9 Å². The molecule has 7 heteroatoms. The summed E-state index contributed by atoms with van der Waals surface area (Å²) in [7, 11) is 0. The average Bonchev–Trinajstić information content (AvgIpc) is 2.73. The van der Waals surface area contributed by atoms with Gasteiger partial charge in [0.05, 0.1) is 30.9 Å². The Morgan fingerprint density at radius 3 is 2.77 bits per heavy atom. The lowest BCUT2D eigenvalue weighted by Crippen LogP contribution is -2.49. The van der Waals surface area contributed by atoms with Gasteiger partial charge in [-0.25, -0.2) is 9.37 Å². The van der Waals surface area contributed by atoms with Gasteiger partial charge in [-0.1, -0.05) is 6.07 Å². The maximum atomic E-state index is 13.9. The van der Waals surface area contributed by atoms with Crippen LogP contribution in [0.1, 0.15) is 30.5 Å². The van der Waals surface area contributed by atoms with Crippen LogP contribution in [0.25, 0.3) is 11.1 Å². The highest BCUT2D eigenvalue weighted by atomic mass is 19.1. The van der Waals surface area contributed by atoms with Crippen molar-refractivity contribution in [1.29, 1.82) is 0 Å². The Bertz CT molecular complexity index is 861. The van der Waals surface area contributed by atoms with E-state index in [1.54, 1.807) is 0 Å². The minimum Gasteiger partial charge on any atom is -0.475 e. The van der Waals surface area contributed by atoms with Crippen LogP contribution in [-0.4, -0.2) is 51.0 Å². The molecule has 1 atom stereocenters. The third-order valence-electron chi connectivity index (χ3n) is 5.71. The van der Waals surface area contributed by atoms with Gasteiger partial charge < -0.3 is 24.7 Å². The molecule has 2 fully saturated rings. The Labute approximate surface area is 176 Å². The largest absolute Gasteiger partial charge is 0.475 e. The summed E-state index contributed by atoms with van der Waals surface area (Å²) in [6.45, 7) is 3.61. The van der Waals surface area contributed by atoms with E-state index in [-0.39, 0.29) is 6.29 Å². The normalized spacial score (nSPS) is 20.5. The van der Waals surface area contributed by atoms with E-state index in [2.05, 4.69) is 4.98 Å². The number of nitrogens with two attached hydrogens (primary N) is 1. The standard InChI is InChI=1S/C23H29FN2O4/c1-16-5-6-18(25)12-19(16)17-10-20(23(13-24)14-27-15-23)26-21(11-17)28-8-9-30-22-4-2-3-7-29-22/h5-6,10-12,22H,2-4,7-9,13-15,25H2,1H3. The van der Waals surface area contributed by atoms with Crippen LogP contribution < -0.4 is 10.5 Å². The molecule has 1 aromatic heterocycles. The maximum Gasteiger partial charge on any atom is 0.214 e. The third kappa shape index (κ3) is 4.58. The Balaban J connectivity index is 1.54. The number of ether oxygens (including phenoxy) is 4. The number of hydrogen-bond acceptors (Lipinski definition) is 6. The molecular formula is C23H29FN2O4. The van der Waals surface area contributed by atoms with Crippen LogP contribution in [-0.2, 0) is 19.6 Å². The second kappa shape index (κ2) is 9.29. The molecule has 6 nitrogen and oxygen atoms in total. The molecule has 4 rings (SSSR count). The average molecular weight is 416 g/mol. The fourth-order valence-electron chi connectivity index (χ4n) is 3.77. The summed E-state index contributed by atoms with van der Waals surface area (Å²) in [5.74, 6) is 0.442. The van der Waals surface area contributed by atoms with Gasteiger partial charge in [0.15, 0.2) is 6.29 Å². The zero-order valence-electron chi connectivity index (χ0n) is 17.4. The molecule has 1 aromatic carbocycles. The highest BCUT2D eigenvalue weighted by Crippen LogP contribution is 2.36. The Hall–Kier alpha value is -2.22. The van der Waals surface area contributed by atoms with Crippen LogP contribution in [0.3, 0.4) is 0 Å². The number of benzene rings is 1. The number of aromatic nitrogens is 1. The van der Waals surface area contributed by atoms with Gasteiger partial charge in [0.25, 0.3) is 0 Å². The summed E-state index contributed by atoms with van der Waals surface area (Å²) in [6, 6.07) is 9.55. The molecular weight excluding hydrogens is 387 g/mol. The van der Waals surface area contributed by atoms with Crippen molar-refractivity contribution < 1.29 is 23.3 Å². The predicted octanol–water partition coefficient (Wildman–Crippen LogP) is 3.80. The molecule has 2 N–H and O–H groups in total. The van der Waals surface area contributed by atoms with E-state index in [9.17, 15) is 4.39 Å². The lowest BCUT2D eigenvalue weighted by atomic mass is 9.82. The SMILES string of the molecule is Cc1ccc(N)cc1-c1cc(OCCOC2CCCCO2)nc(C2(CF)COC2)c1. The molecule has 2 aliphatic rings. The quantitative estimate of drug-likeness (QED) is 0.521. The van der Waals surface area contributed by atoms with E-state index in [0.717, 1.165) is 42.6 Å². The minimum atomic E-state index is -0.714. The molecule has 162 valence electrons. The molecule has 2 aromatic rings. The molecule has 0 amide bonds. The van der Waals surface area contributed by atoms with Gasteiger partial charge in [-0.05, 0) is 61.1 Å². The molecule has 3 heterocycles. The highest BCUT2D eigenvalue weighted by Gasteiger charge is 2.42. The first kappa shape index (κ1) is 21.0. The first-order chi connectivity index (χ1) is 14.6. The van der Waals surface area contributed by atoms with Crippen molar-refractivity contribution in [3.8, 4) is 17.0 Å². The van der Waals surface area contributed by atoms with Gasteiger partial charge >= 0.3 is 0 Å². The Kier molecular flexibility index (Phi) is 6.51. The topological polar surface area (TPSA) is 75.8 Å². The fraction of sp³-hybridized carbons (Fsp3) is 0.522. The molecule has 0 radical (unpaired) electrons. The van der Waals surface area contributed by atoms with E-state index < -0.39 is 12.1 Å². The number of alkyl halides is 1. The second-order valence-electron chi connectivity index (χ2n) is 8.08. The Morgan fingerprint density at radius 1 is 1.20 bits per heavy atom.